The number of amides is 2. The molecular formula is C20H30N2O2. The van der Waals surface area contributed by atoms with Crippen molar-refractivity contribution in [3.8, 4) is 0 Å². The van der Waals surface area contributed by atoms with Crippen LogP contribution in [0.25, 0.3) is 0 Å². The van der Waals surface area contributed by atoms with Gasteiger partial charge in [0.25, 0.3) is 0 Å². The first-order chi connectivity index (χ1) is 11.5. The fourth-order valence-corrected chi connectivity index (χ4v) is 3.18. The Morgan fingerprint density at radius 3 is 2.21 bits per heavy atom. The van der Waals surface area contributed by atoms with Crippen molar-refractivity contribution < 1.29 is 9.59 Å². The average molecular weight is 330 g/mol. The molecule has 1 aliphatic rings. The van der Waals surface area contributed by atoms with Gasteiger partial charge in [-0.25, -0.2) is 0 Å². The number of hydrogen-bond donors (Lipinski definition) is 1. The SMILES string of the molecule is CCCN(CCC)C(=O)C1(C(=O)Nc2ccccc2C(C)C)CC1. The number of carbonyl (C=O) groups excluding carboxylic acids is 2. The lowest BCUT2D eigenvalue weighted by atomic mass is 9.99. The van der Waals surface area contributed by atoms with Crippen LogP contribution in [0.1, 0.15) is 64.9 Å². The highest BCUT2D eigenvalue weighted by molar-refractivity contribution is 6.13. The predicted octanol–water partition coefficient (Wildman–Crippen LogP) is 4.18. The summed E-state index contributed by atoms with van der Waals surface area (Å²) in [6.45, 7) is 9.79. The molecule has 4 heteroatoms. The zero-order chi connectivity index (χ0) is 17.7. The highest BCUT2D eigenvalue weighted by Crippen LogP contribution is 2.48. The molecule has 0 bridgehead atoms. The first-order valence-corrected chi connectivity index (χ1v) is 9.16. The number of para-hydroxylation sites is 1. The van der Waals surface area contributed by atoms with Crippen LogP contribution in [0.15, 0.2) is 24.3 Å². The first-order valence-electron chi connectivity index (χ1n) is 9.16. The van der Waals surface area contributed by atoms with Crippen molar-refractivity contribution in [3.05, 3.63) is 29.8 Å². The Labute approximate surface area is 145 Å². The fraction of sp³-hybridized carbons (Fsp3) is 0.600. The minimum atomic E-state index is -0.839. The van der Waals surface area contributed by atoms with Gasteiger partial charge in [0.2, 0.25) is 11.8 Å². The highest BCUT2D eigenvalue weighted by atomic mass is 16.2. The molecule has 2 amide bonds. The Morgan fingerprint density at radius 1 is 1.12 bits per heavy atom. The summed E-state index contributed by atoms with van der Waals surface area (Å²) < 4.78 is 0. The van der Waals surface area contributed by atoms with Gasteiger partial charge >= 0.3 is 0 Å². The van der Waals surface area contributed by atoms with Gasteiger partial charge in [0.1, 0.15) is 5.41 Å². The lowest BCUT2D eigenvalue weighted by Gasteiger charge is -2.26. The molecule has 24 heavy (non-hydrogen) atoms. The minimum absolute atomic E-state index is 0.00530. The summed E-state index contributed by atoms with van der Waals surface area (Å²) in [6.07, 6.45) is 3.15. The van der Waals surface area contributed by atoms with Gasteiger partial charge in [-0.1, -0.05) is 45.9 Å². The number of hydrogen-bond acceptors (Lipinski definition) is 2. The maximum Gasteiger partial charge on any atom is 0.240 e. The molecular weight excluding hydrogens is 300 g/mol. The molecule has 4 nitrogen and oxygen atoms in total. The molecule has 1 aliphatic carbocycles. The molecule has 0 aromatic heterocycles. The van der Waals surface area contributed by atoms with Crippen molar-refractivity contribution in [3.63, 3.8) is 0 Å². The Hall–Kier alpha value is -1.84. The molecule has 2 rings (SSSR count). The molecule has 0 heterocycles. The molecule has 0 radical (unpaired) electrons. The van der Waals surface area contributed by atoms with Crippen LogP contribution in [-0.2, 0) is 9.59 Å². The van der Waals surface area contributed by atoms with E-state index in [-0.39, 0.29) is 11.8 Å². The van der Waals surface area contributed by atoms with Crippen molar-refractivity contribution in [1.29, 1.82) is 0 Å². The smallest absolute Gasteiger partial charge is 0.240 e. The normalized spacial score (nSPS) is 15.2. The first kappa shape index (κ1) is 18.5. The van der Waals surface area contributed by atoms with Crippen LogP contribution in [0, 0.1) is 5.41 Å². The summed E-state index contributed by atoms with van der Waals surface area (Å²) in [7, 11) is 0. The molecule has 1 aromatic rings. The number of nitrogens with one attached hydrogen (secondary N) is 1. The minimum Gasteiger partial charge on any atom is -0.342 e. The van der Waals surface area contributed by atoms with Crippen LogP contribution >= 0.6 is 0 Å². The second kappa shape index (κ2) is 7.82. The second-order valence-corrected chi connectivity index (χ2v) is 7.07. The Bertz CT molecular complexity index is 585. The molecule has 1 aromatic carbocycles. The van der Waals surface area contributed by atoms with Crippen LogP contribution in [0.2, 0.25) is 0 Å². The van der Waals surface area contributed by atoms with Gasteiger partial charge in [-0.3, -0.25) is 9.59 Å². The van der Waals surface area contributed by atoms with Crippen LogP contribution < -0.4 is 5.32 Å². The van der Waals surface area contributed by atoms with Gasteiger partial charge in [0, 0.05) is 18.8 Å². The predicted molar refractivity (Wildman–Crippen MR) is 98.0 cm³/mol. The quantitative estimate of drug-likeness (QED) is 0.727. The monoisotopic (exact) mass is 330 g/mol. The molecule has 1 N–H and O–H groups in total. The van der Waals surface area contributed by atoms with E-state index in [1.165, 1.54) is 0 Å². The Morgan fingerprint density at radius 2 is 1.71 bits per heavy atom. The molecule has 0 spiro atoms. The largest absolute Gasteiger partial charge is 0.342 e. The maximum absolute atomic E-state index is 12.9. The van der Waals surface area contributed by atoms with Gasteiger partial charge in [-0.15, -0.1) is 0 Å². The highest BCUT2D eigenvalue weighted by Gasteiger charge is 2.57. The third-order valence-electron chi connectivity index (χ3n) is 4.70. The van der Waals surface area contributed by atoms with E-state index in [0.717, 1.165) is 37.2 Å². The third kappa shape index (κ3) is 3.80. The van der Waals surface area contributed by atoms with Crippen molar-refractivity contribution in [2.45, 2.75) is 59.3 Å². The van der Waals surface area contributed by atoms with E-state index in [1.54, 1.807) is 0 Å². The molecule has 1 saturated carbocycles. The van der Waals surface area contributed by atoms with Crippen LogP contribution in [0.3, 0.4) is 0 Å². The van der Waals surface area contributed by atoms with Crippen molar-refractivity contribution >= 4 is 17.5 Å². The lowest BCUT2D eigenvalue weighted by Crippen LogP contribution is -2.43. The topological polar surface area (TPSA) is 49.4 Å². The summed E-state index contributed by atoms with van der Waals surface area (Å²) in [5, 5.41) is 3.03. The summed E-state index contributed by atoms with van der Waals surface area (Å²) in [5.41, 5.74) is 1.09. The number of rotatable bonds is 8. The summed E-state index contributed by atoms with van der Waals surface area (Å²) in [6, 6.07) is 7.85. The Kier molecular flexibility index (Phi) is 6.03. The zero-order valence-corrected chi connectivity index (χ0v) is 15.4. The van der Waals surface area contributed by atoms with Gasteiger partial charge in [0.05, 0.1) is 0 Å². The van der Waals surface area contributed by atoms with Crippen molar-refractivity contribution in [2.75, 3.05) is 18.4 Å². The maximum atomic E-state index is 12.9. The number of nitrogens with zero attached hydrogens (tertiary/aromatic N) is 1. The molecule has 0 atom stereocenters. The molecule has 1 fully saturated rings. The molecule has 0 unspecified atom stereocenters. The van der Waals surface area contributed by atoms with Crippen LogP contribution in [-0.4, -0.2) is 29.8 Å². The van der Waals surface area contributed by atoms with Gasteiger partial charge in [-0.05, 0) is 43.2 Å². The van der Waals surface area contributed by atoms with E-state index in [0.29, 0.717) is 18.8 Å². The number of carbonyl (C=O) groups is 2. The van der Waals surface area contributed by atoms with Crippen LogP contribution in [0.5, 0.6) is 0 Å². The summed E-state index contributed by atoms with van der Waals surface area (Å²) >= 11 is 0. The number of anilines is 1. The van der Waals surface area contributed by atoms with E-state index in [4.69, 9.17) is 0 Å². The van der Waals surface area contributed by atoms with Gasteiger partial charge < -0.3 is 10.2 Å². The van der Waals surface area contributed by atoms with Gasteiger partial charge in [-0.2, -0.15) is 0 Å². The van der Waals surface area contributed by atoms with Crippen LogP contribution in [0.4, 0.5) is 5.69 Å². The average Bonchev–Trinajstić information content (AvgIpc) is 3.36. The fourth-order valence-electron chi connectivity index (χ4n) is 3.18. The van der Waals surface area contributed by atoms with E-state index >= 15 is 0 Å². The standard InChI is InChI=1S/C20H30N2O2/c1-5-13-22(14-6-2)19(24)20(11-12-20)18(23)21-17-10-8-7-9-16(17)15(3)4/h7-10,15H,5-6,11-14H2,1-4H3,(H,21,23). The van der Waals surface area contributed by atoms with E-state index in [9.17, 15) is 9.59 Å². The van der Waals surface area contributed by atoms with Crippen molar-refractivity contribution in [2.24, 2.45) is 5.41 Å². The Balaban J connectivity index is 2.15. The molecule has 0 aliphatic heterocycles. The van der Waals surface area contributed by atoms with E-state index in [1.807, 2.05) is 29.2 Å². The lowest BCUT2D eigenvalue weighted by molar-refractivity contribution is -0.142. The van der Waals surface area contributed by atoms with Crippen molar-refractivity contribution in [1.82, 2.24) is 4.90 Å². The number of benzene rings is 1. The van der Waals surface area contributed by atoms with E-state index < -0.39 is 5.41 Å². The molecule has 132 valence electrons. The summed E-state index contributed by atoms with van der Waals surface area (Å²) in [5.74, 6) is 0.188. The van der Waals surface area contributed by atoms with E-state index in [2.05, 4.69) is 33.0 Å². The molecule has 0 saturated heterocycles. The second-order valence-electron chi connectivity index (χ2n) is 7.07. The third-order valence-corrected chi connectivity index (χ3v) is 4.70. The zero-order valence-electron chi connectivity index (χ0n) is 15.4. The van der Waals surface area contributed by atoms with Gasteiger partial charge in [0.15, 0.2) is 0 Å². The summed E-state index contributed by atoms with van der Waals surface area (Å²) in [4.78, 5) is 27.7.